The maximum atomic E-state index is 13.5. The fourth-order valence-electron chi connectivity index (χ4n) is 3.21. The predicted octanol–water partition coefficient (Wildman–Crippen LogP) is 5.60. The van der Waals surface area contributed by atoms with Crippen LogP contribution in [0, 0.1) is 11.7 Å². The molecule has 1 unspecified atom stereocenters. The molecule has 0 aromatic heterocycles. The third kappa shape index (κ3) is 4.29. The first kappa shape index (κ1) is 16.0. The summed E-state index contributed by atoms with van der Waals surface area (Å²) in [6, 6.07) is 5.84. The standard InChI is InChI=1S/C17H25BrFN/c1-2-11-20-17(13-7-5-3-4-6-8-13)14-9-10-16(19)15(18)12-14/h9-10,12-13,17,20H,2-8,11H2,1H3. The summed E-state index contributed by atoms with van der Waals surface area (Å²) in [6.07, 6.45) is 9.10. The lowest BCUT2D eigenvalue weighted by molar-refractivity contribution is 0.325. The van der Waals surface area contributed by atoms with Crippen LogP contribution in [0.1, 0.15) is 63.5 Å². The van der Waals surface area contributed by atoms with E-state index in [0.717, 1.165) is 13.0 Å². The van der Waals surface area contributed by atoms with Crippen molar-refractivity contribution in [2.24, 2.45) is 5.92 Å². The molecule has 1 aliphatic carbocycles. The third-order valence-electron chi connectivity index (χ3n) is 4.29. The molecule has 1 saturated carbocycles. The number of rotatable bonds is 5. The molecule has 1 nitrogen and oxygen atoms in total. The molecule has 0 heterocycles. The molecule has 0 saturated heterocycles. The lowest BCUT2D eigenvalue weighted by Gasteiger charge is -2.28. The minimum absolute atomic E-state index is 0.177. The maximum Gasteiger partial charge on any atom is 0.137 e. The van der Waals surface area contributed by atoms with E-state index in [1.807, 2.05) is 12.1 Å². The average Bonchev–Trinajstić information content (AvgIpc) is 2.72. The Balaban J connectivity index is 2.18. The Morgan fingerprint density at radius 2 is 1.95 bits per heavy atom. The van der Waals surface area contributed by atoms with Gasteiger partial charge in [-0.1, -0.05) is 38.7 Å². The summed E-state index contributed by atoms with van der Waals surface area (Å²) in [6.45, 7) is 3.22. The second-order valence-electron chi connectivity index (χ2n) is 5.86. The van der Waals surface area contributed by atoms with Crippen LogP contribution in [0.4, 0.5) is 4.39 Å². The van der Waals surface area contributed by atoms with Crippen molar-refractivity contribution in [1.29, 1.82) is 0 Å². The third-order valence-corrected chi connectivity index (χ3v) is 4.90. The molecule has 0 spiro atoms. The van der Waals surface area contributed by atoms with Crippen molar-refractivity contribution in [3.8, 4) is 0 Å². The topological polar surface area (TPSA) is 12.0 Å². The van der Waals surface area contributed by atoms with E-state index in [4.69, 9.17) is 0 Å². The van der Waals surface area contributed by atoms with Crippen molar-refractivity contribution >= 4 is 15.9 Å². The van der Waals surface area contributed by atoms with E-state index in [0.29, 0.717) is 16.4 Å². The highest BCUT2D eigenvalue weighted by Gasteiger charge is 2.24. The Kier molecular flexibility index (Phi) is 6.50. The van der Waals surface area contributed by atoms with Gasteiger partial charge in [0.1, 0.15) is 5.82 Å². The summed E-state index contributed by atoms with van der Waals surface area (Å²) in [7, 11) is 0. The van der Waals surface area contributed by atoms with Crippen LogP contribution < -0.4 is 5.32 Å². The van der Waals surface area contributed by atoms with Crippen molar-refractivity contribution in [2.75, 3.05) is 6.54 Å². The summed E-state index contributed by atoms with van der Waals surface area (Å²) >= 11 is 3.32. The Labute approximate surface area is 130 Å². The van der Waals surface area contributed by atoms with E-state index in [-0.39, 0.29) is 5.82 Å². The zero-order valence-electron chi connectivity index (χ0n) is 12.3. The highest BCUT2D eigenvalue weighted by molar-refractivity contribution is 9.10. The van der Waals surface area contributed by atoms with Crippen LogP contribution in [0.2, 0.25) is 0 Å². The second-order valence-corrected chi connectivity index (χ2v) is 6.71. The molecule has 1 aliphatic rings. The summed E-state index contributed by atoms with van der Waals surface area (Å²) in [4.78, 5) is 0. The Bertz CT molecular complexity index is 413. The van der Waals surface area contributed by atoms with Gasteiger partial charge in [0, 0.05) is 6.04 Å². The van der Waals surface area contributed by atoms with Gasteiger partial charge in [0.25, 0.3) is 0 Å². The molecular formula is C17H25BrFN. The van der Waals surface area contributed by atoms with Crippen LogP contribution in [-0.2, 0) is 0 Å². The molecule has 20 heavy (non-hydrogen) atoms. The van der Waals surface area contributed by atoms with Gasteiger partial charge in [0.15, 0.2) is 0 Å². The van der Waals surface area contributed by atoms with Crippen molar-refractivity contribution in [2.45, 2.75) is 57.9 Å². The minimum Gasteiger partial charge on any atom is -0.310 e. The molecule has 0 aliphatic heterocycles. The fraction of sp³-hybridized carbons (Fsp3) is 0.647. The maximum absolute atomic E-state index is 13.5. The van der Waals surface area contributed by atoms with Gasteiger partial charge in [-0.25, -0.2) is 4.39 Å². The summed E-state index contributed by atoms with van der Waals surface area (Å²) in [5, 5.41) is 3.69. The Hall–Kier alpha value is -0.410. The van der Waals surface area contributed by atoms with E-state index in [1.54, 1.807) is 6.07 Å². The SMILES string of the molecule is CCCNC(c1ccc(F)c(Br)c1)C1CCCCCC1. The van der Waals surface area contributed by atoms with Crippen molar-refractivity contribution in [3.05, 3.63) is 34.1 Å². The van der Waals surface area contributed by atoms with Gasteiger partial charge in [0.05, 0.1) is 4.47 Å². The minimum atomic E-state index is -0.177. The lowest BCUT2D eigenvalue weighted by Crippen LogP contribution is -2.29. The van der Waals surface area contributed by atoms with Crippen LogP contribution in [0.5, 0.6) is 0 Å². The Morgan fingerprint density at radius 3 is 2.55 bits per heavy atom. The van der Waals surface area contributed by atoms with Gasteiger partial charge in [0.2, 0.25) is 0 Å². The highest BCUT2D eigenvalue weighted by Crippen LogP contribution is 2.34. The molecule has 1 N–H and O–H groups in total. The zero-order chi connectivity index (χ0) is 14.4. The quantitative estimate of drug-likeness (QED) is 0.687. The molecule has 112 valence electrons. The van der Waals surface area contributed by atoms with E-state index >= 15 is 0 Å². The first-order valence-electron chi connectivity index (χ1n) is 7.90. The van der Waals surface area contributed by atoms with E-state index < -0.39 is 0 Å². The summed E-state index contributed by atoms with van der Waals surface area (Å²) in [5.41, 5.74) is 1.22. The van der Waals surface area contributed by atoms with Gasteiger partial charge in [-0.15, -0.1) is 0 Å². The largest absolute Gasteiger partial charge is 0.310 e. The number of halogens is 2. The molecule has 1 aromatic carbocycles. The Morgan fingerprint density at radius 1 is 1.25 bits per heavy atom. The molecule has 3 heteroatoms. The highest BCUT2D eigenvalue weighted by atomic mass is 79.9. The van der Waals surface area contributed by atoms with Crippen molar-refractivity contribution in [1.82, 2.24) is 5.32 Å². The molecule has 0 bridgehead atoms. The second kappa shape index (κ2) is 8.14. The number of hydrogen-bond acceptors (Lipinski definition) is 1. The van der Waals surface area contributed by atoms with E-state index in [1.165, 1.54) is 44.1 Å². The average molecular weight is 342 g/mol. The van der Waals surface area contributed by atoms with Gasteiger partial charge in [-0.3, -0.25) is 0 Å². The van der Waals surface area contributed by atoms with Crippen LogP contribution in [0.3, 0.4) is 0 Å². The normalized spacial score (nSPS) is 18.8. The first-order chi connectivity index (χ1) is 9.72. The monoisotopic (exact) mass is 341 g/mol. The summed E-state index contributed by atoms with van der Waals surface area (Å²) < 4.78 is 14.0. The predicted molar refractivity (Wildman–Crippen MR) is 86.3 cm³/mol. The first-order valence-corrected chi connectivity index (χ1v) is 8.70. The van der Waals surface area contributed by atoms with Crippen molar-refractivity contribution in [3.63, 3.8) is 0 Å². The van der Waals surface area contributed by atoms with Gasteiger partial charge in [-0.2, -0.15) is 0 Å². The zero-order valence-corrected chi connectivity index (χ0v) is 13.9. The number of nitrogens with one attached hydrogen (secondary N) is 1. The van der Waals surface area contributed by atoms with Crippen LogP contribution in [-0.4, -0.2) is 6.54 Å². The van der Waals surface area contributed by atoms with Gasteiger partial charge >= 0.3 is 0 Å². The van der Waals surface area contributed by atoms with Crippen LogP contribution >= 0.6 is 15.9 Å². The number of hydrogen-bond donors (Lipinski definition) is 1. The summed E-state index contributed by atoms with van der Waals surface area (Å²) in [5.74, 6) is 0.505. The molecular weight excluding hydrogens is 317 g/mol. The van der Waals surface area contributed by atoms with Gasteiger partial charge < -0.3 is 5.32 Å². The van der Waals surface area contributed by atoms with Crippen LogP contribution in [0.25, 0.3) is 0 Å². The lowest BCUT2D eigenvalue weighted by atomic mass is 9.87. The van der Waals surface area contributed by atoms with Crippen molar-refractivity contribution < 1.29 is 4.39 Å². The van der Waals surface area contributed by atoms with Gasteiger partial charge in [-0.05, 0) is 65.4 Å². The molecule has 1 atom stereocenters. The van der Waals surface area contributed by atoms with Crippen LogP contribution in [0.15, 0.2) is 22.7 Å². The van der Waals surface area contributed by atoms with E-state index in [9.17, 15) is 4.39 Å². The van der Waals surface area contributed by atoms with E-state index in [2.05, 4.69) is 28.2 Å². The fourth-order valence-corrected chi connectivity index (χ4v) is 3.60. The molecule has 2 rings (SSSR count). The smallest absolute Gasteiger partial charge is 0.137 e. The molecule has 0 radical (unpaired) electrons. The molecule has 0 amide bonds. The molecule has 1 fully saturated rings. The molecule has 1 aromatic rings. The number of benzene rings is 1.